The first-order chi connectivity index (χ1) is 10.3. The van der Waals surface area contributed by atoms with Gasteiger partial charge in [0, 0.05) is 26.1 Å². The van der Waals surface area contributed by atoms with E-state index in [4.69, 9.17) is 17.0 Å². The fraction of sp³-hybridized carbons (Fsp3) is 0.529. The van der Waals surface area contributed by atoms with Gasteiger partial charge in [-0.3, -0.25) is 0 Å². The fourth-order valence-electron chi connectivity index (χ4n) is 2.45. The highest BCUT2D eigenvalue weighted by Gasteiger charge is 2.19. The number of fused-ring (bicyclic) bond motifs is 1. The third kappa shape index (κ3) is 4.98. The molecule has 0 radical (unpaired) electrons. The molecule has 2 rings (SSSR count). The molecule has 1 amide bonds. The number of alkyl carbamates (subject to hydrolysis) is 1. The number of ether oxygens (including phenoxy) is 1. The van der Waals surface area contributed by atoms with E-state index in [1.165, 1.54) is 11.1 Å². The standard InChI is InChI=1S/C17H24N2O2S/c1-17(2,3)21-16(20)18-10-8-15(22)19-11-9-13-6-4-5-7-14(13)12-19/h4-7H,8-12H2,1-3H3,(H,18,20). The highest BCUT2D eigenvalue weighted by atomic mass is 32.1. The predicted octanol–water partition coefficient (Wildman–Crippen LogP) is 3.29. The largest absolute Gasteiger partial charge is 0.444 e. The van der Waals surface area contributed by atoms with Gasteiger partial charge < -0.3 is 15.0 Å². The van der Waals surface area contributed by atoms with Crippen LogP contribution in [0.5, 0.6) is 0 Å². The van der Waals surface area contributed by atoms with E-state index in [0.717, 1.165) is 24.5 Å². The first-order valence-corrected chi connectivity index (χ1v) is 8.07. The van der Waals surface area contributed by atoms with Crippen LogP contribution in [0.25, 0.3) is 0 Å². The van der Waals surface area contributed by atoms with E-state index in [0.29, 0.717) is 13.0 Å². The van der Waals surface area contributed by atoms with Crippen LogP contribution in [0.3, 0.4) is 0 Å². The Hall–Kier alpha value is -1.62. The van der Waals surface area contributed by atoms with E-state index in [2.05, 4.69) is 34.5 Å². The molecule has 0 atom stereocenters. The van der Waals surface area contributed by atoms with E-state index in [-0.39, 0.29) is 6.09 Å². The Morgan fingerprint density at radius 3 is 2.68 bits per heavy atom. The molecule has 1 N–H and O–H groups in total. The summed E-state index contributed by atoms with van der Waals surface area (Å²) in [7, 11) is 0. The SMILES string of the molecule is CC(C)(C)OC(=O)NCCC(=S)N1CCc2ccccc2C1. The lowest BCUT2D eigenvalue weighted by Gasteiger charge is -2.31. The lowest BCUT2D eigenvalue weighted by atomic mass is 10.00. The summed E-state index contributed by atoms with van der Waals surface area (Å²) in [6, 6.07) is 8.48. The van der Waals surface area contributed by atoms with Crippen LogP contribution < -0.4 is 5.32 Å². The number of carbonyl (C=O) groups excluding carboxylic acids is 1. The highest BCUT2D eigenvalue weighted by Crippen LogP contribution is 2.19. The van der Waals surface area contributed by atoms with Crippen molar-refractivity contribution in [1.29, 1.82) is 0 Å². The monoisotopic (exact) mass is 320 g/mol. The lowest BCUT2D eigenvalue weighted by molar-refractivity contribution is 0.0529. The van der Waals surface area contributed by atoms with Crippen molar-refractivity contribution >= 4 is 23.3 Å². The number of hydrogen-bond acceptors (Lipinski definition) is 3. The zero-order valence-corrected chi connectivity index (χ0v) is 14.3. The van der Waals surface area contributed by atoms with Gasteiger partial charge in [0.25, 0.3) is 0 Å². The first-order valence-electron chi connectivity index (χ1n) is 7.66. The first kappa shape index (κ1) is 16.7. The molecule has 0 bridgehead atoms. The van der Waals surface area contributed by atoms with E-state index in [1.807, 2.05) is 20.8 Å². The van der Waals surface area contributed by atoms with E-state index < -0.39 is 5.60 Å². The van der Waals surface area contributed by atoms with Crippen LogP contribution in [0.1, 0.15) is 38.3 Å². The average molecular weight is 320 g/mol. The molecule has 0 aliphatic carbocycles. The molecular formula is C17H24N2O2S. The number of nitrogens with one attached hydrogen (secondary N) is 1. The zero-order chi connectivity index (χ0) is 16.2. The molecule has 1 aromatic carbocycles. The summed E-state index contributed by atoms with van der Waals surface area (Å²) in [4.78, 5) is 14.7. The third-order valence-electron chi connectivity index (χ3n) is 3.49. The maximum Gasteiger partial charge on any atom is 0.407 e. The van der Waals surface area contributed by atoms with Gasteiger partial charge in [-0.05, 0) is 38.3 Å². The number of benzene rings is 1. The number of thiocarbonyl (C=S) groups is 1. The van der Waals surface area contributed by atoms with Gasteiger partial charge in [0.05, 0.1) is 4.99 Å². The molecular weight excluding hydrogens is 296 g/mol. The predicted molar refractivity (Wildman–Crippen MR) is 92.0 cm³/mol. The Morgan fingerprint density at radius 2 is 2.00 bits per heavy atom. The third-order valence-corrected chi connectivity index (χ3v) is 3.95. The Morgan fingerprint density at radius 1 is 1.32 bits per heavy atom. The van der Waals surface area contributed by atoms with Crippen molar-refractivity contribution in [2.75, 3.05) is 13.1 Å². The van der Waals surface area contributed by atoms with Gasteiger partial charge >= 0.3 is 6.09 Å². The van der Waals surface area contributed by atoms with Crippen LogP contribution in [0.4, 0.5) is 4.79 Å². The number of nitrogens with zero attached hydrogens (tertiary/aromatic N) is 1. The second-order valence-electron chi connectivity index (χ2n) is 6.51. The summed E-state index contributed by atoms with van der Waals surface area (Å²) in [5, 5.41) is 2.75. The Balaban J connectivity index is 1.76. The number of amides is 1. The van der Waals surface area contributed by atoms with Crippen molar-refractivity contribution in [3.8, 4) is 0 Å². The molecule has 22 heavy (non-hydrogen) atoms. The summed E-state index contributed by atoms with van der Waals surface area (Å²) in [5.41, 5.74) is 2.28. The van der Waals surface area contributed by atoms with Crippen molar-refractivity contribution in [2.45, 2.75) is 45.8 Å². The van der Waals surface area contributed by atoms with Crippen LogP contribution in [0, 0.1) is 0 Å². The van der Waals surface area contributed by atoms with Gasteiger partial charge in [-0.25, -0.2) is 4.79 Å². The molecule has 0 saturated heterocycles. The van der Waals surface area contributed by atoms with Crippen LogP contribution >= 0.6 is 12.2 Å². The zero-order valence-electron chi connectivity index (χ0n) is 13.5. The minimum absolute atomic E-state index is 0.390. The number of rotatable bonds is 3. The summed E-state index contributed by atoms with van der Waals surface area (Å²) in [5.74, 6) is 0. The van der Waals surface area contributed by atoms with Gasteiger partial charge in [-0.1, -0.05) is 36.5 Å². The Kier molecular flexibility index (Phi) is 5.40. The molecule has 4 nitrogen and oxygen atoms in total. The van der Waals surface area contributed by atoms with Crippen molar-refractivity contribution < 1.29 is 9.53 Å². The summed E-state index contributed by atoms with van der Waals surface area (Å²) < 4.78 is 5.20. The van der Waals surface area contributed by atoms with Gasteiger partial charge in [-0.2, -0.15) is 0 Å². The maximum atomic E-state index is 11.6. The maximum absolute atomic E-state index is 11.6. The Bertz CT molecular complexity index is 552. The minimum atomic E-state index is -0.471. The van der Waals surface area contributed by atoms with E-state index >= 15 is 0 Å². The summed E-state index contributed by atoms with van der Waals surface area (Å²) >= 11 is 5.50. The van der Waals surface area contributed by atoms with Crippen molar-refractivity contribution in [3.63, 3.8) is 0 Å². The molecule has 1 heterocycles. The number of hydrogen-bond donors (Lipinski definition) is 1. The molecule has 0 saturated carbocycles. The van der Waals surface area contributed by atoms with Crippen LogP contribution in [0.15, 0.2) is 24.3 Å². The normalized spacial score (nSPS) is 14.2. The molecule has 0 unspecified atom stereocenters. The molecule has 1 aromatic rings. The van der Waals surface area contributed by atoms with E-state index in [1.54, 1.807) is 0 Å². The van der Waals surface area contributed by atoms with Crippen molar-refractivity contribution in [1.82, 2.24) is 10.2 Å². The second kappa shape index (κ2) is 7.09. The highest BCUT2D eigenvalue weighted by molar-refractivity contribution is 7.80. The van der Waals surface area contributed by atoms with Crippen LogP contribution in [-0.4, -0.2) is 34.7 Å². The van der Waals surface area contributed by atoms with Gasteiger partial charge in [0.2, 0.25) is 0 Å². The molecule has 120 valence electrons. The van der Waals surface area contributed by atoms with Gasteiger partial charge in [0.15, 0.2) is 0 Å². The molecule has 1 aliphatic rings. The van der Waals surface area contributed by atoms with E-state index in [9.17, 15) is 4.79 Å². The van der Waals surface area contributed by atoms with Crippen molar-refractivity contribution in [3.05, 3.63) is 35.4 Å². The van der Waals surface area contributed by atoms with Crippen molar-refractivity contribution in [2.24, 2.45) is 0 Å². The molecule has 0 spiro atoms. The van der Waals surface area contributed by atoms with Gasteiger partial charge in [-0.15, -0.1) is 0 Å². The fourth-order valence-corrected chi connectivity index (χ4v) is 2.71. The summed E-state index contributed by atoms with van der Waals surface area (Å²) in [6.45, 7) is 7.86. The Labute approximate surface area is 137 Å². The minimum Gasteiger partial charge on any atom is -0.444 e. The topological polar surface area (TPSA) is 41.6 Å². The lowest BCUT2D eigenvalue weighted by Crippen LogP contribution is -2.38. The second-order valence-corrected chi connectivity index (χ2v) is 6.98. The number of carbonyl (C=O) groups is 1. The molecule has 5 heteroatoms. The summed E-state index contributed by atoms with van der Waals surface area (Å²) in [6.07, 6.45) is 1.30. The quantitative estimate of drug-likeness (QED) is 0.868. The average Bonchev–Trinajstić information content (AvgIpc) is 2.44. The molecule has 0 fully saturated rings. The molecule has 1 aliphatic heterocycles. The molecule has 0 aromatic heterocycles. The van der Waals surface area contributed by atoms with Gasteiger partial charge in [0.1, 0.15) is 5.60 Å². The smallest absolute Gasteiger partial charge is 0.407 e. The van der Waals surface area contributed by atoms with Crippen LogP contribution in [0.2, 0.25) is 0 Å². The van der Waals surface area contributed by atoms with Crippen LogP contribution in [-0.2, 0) is 17.7 Å².